The van der Waals surface area contributed by atoms with Gasteiger partial charge in [-0.05, 0) is 48.9 Å². The Morgan fingerprint density at radius 1 is 1.11 bits per heavy atom. The van der Waals surface area contributed by atoms with Crippen LogP contribution in [0, 0.1) is 0 Å². The highest BCUT2D eigenvalue weighted by Gasteiger charge is 2.20. The summed E-state index contributed by atoms with van der Waals surface area (Å²) < 4.78 is 9.18. The van der Waals surface area contributed by atoms with Crippen LogP contribution in [0.4, 0.5) is 11.6 Å². The number of benzene rings is 2. The fourth-order valence-electron chi connectivity index (χ4n) is 4.01. The fourth-order valence-corrected chi connectivity index (χ4v) is 4.28. The zero-order valence-electron chi connectivity index (χ0n) is 19.5. The molecule has 0 saturated carbocycles. The average molecular weight is 546 g/mol. The molecule has 182 valence electrons. The number of aromatic nitrogens is 5. The molecule has 0 radical (unpaired) electrons. The first-order chi connectivity index (χ1) is 17.5. The maximum Gasteiger partial charge on any atom is 0.217 e. The van der Waals surface area contributed by atoms with Gasteiger partial charge in [-0.15, -0.1) is 0 Å². The van der Waals surface area contributed by atoms with E-state index in [2.05, 4.69) is 36.2 Å². The van der Waals surface area contributed by atoms with Gasteiger partial charge in [0.1, 0.15) is 17.3 Å². The lowest BCUT2D eigenvalue weighted by Crippen LogP contribution is -2.14. The van der Waals surface area contributed by atoms with Crippen LogP contribution in [0.25, 0.3) is 11.0 Å². The zero-order chi connectivity index (χ0) is 25.1. The highest BCUT2D eigenvalue weighted by Crippen LogP contribution is 2.31. The molecular formula is C26H24BrN7O2. The van der Waals surface area contributed by atoms with Gasteiger partial charge in [0.25, 0.3) is 0 Å². The van der Waals surface area contributed by atoms with Crippen molar-refractivity contribution in [3.05, 3.63) is 89.2 Å². The summed E-state index contributed by atoms with van der Waals surface area (Å²) in [5, 5.41) is 3.35. The van der Waals surface area contributed by atoms with E-state index in [0.29, 0.717) is 17.9 Å². The number of hydrogen-bond donors (Lipinski definition) is 3. The molecule has 0 fully saturated rings. The van der Waals surface area contributed by atoms with Gasteiger partial charge in [-0.2, -0.15) is 0 Å². The number of nitrogens with one attached hydrogen (secondary N) is 2. The second kappa shape index (κ2) is 10.2. The summed E-state index contributed by atoms with van der Waals surface area (Å²) in [6, 6.07) is 17.4. The molecule has 0 aliphatic carbocycles. The number of anilines is 2. The van der Waals surface area contributed by atoms with E-state index in [0.717, 1.165) is 38.7 Å². The van der Waals surface area contributed by atoms with Crippen LogP contribution in [-0.4, -0.2) is 30.4 Å². The summed E-state index contributed by atoms with van der Waals surface area (Å²) in [5.74, 6) is 2.16. The van der Waals surface area contributed by atoms with E-state index in [1.165, 1.54) is 0 Å². The Labute approximate surface area is 215 Å². The molecule has 1 unspecified atom stereocenters. The number of ether oxygens (including phenoxy) is 1. The Kier molecular flexibility index (Phi) is 6.68. The molecule has 3 heterocycles. The largest absolute Gasteiger partial charge is 0.457 e. The summed E-state index contributed by atoms with van der Waals surface area (Å²) in [7, 11) is 1.97. The molecule has 4 N–H and O–H groups in total. The SMILES string of the molecule is Cn1c(Nc2ccc(Br)cc2)nc2cc(Oc3ccnc(C(CCC(N)=O)c4ncc[nH]4)c3)ccc21. The van der Waals surface area contributed by atoms with E-state index in [1.807, 2.05) is 60.1 Å². The maximum absolute atomic E-state index is 11.4. The van der Waals surface area contributed by atoms with Gasteiger partial charge in [-0.1, -0.05) is 15.9 Å². The van der Waals surface area contributed by atoms with E-state index in [-0.39, 0.29) is 18.2 Å². The van der Waals surface area contributed by atoms with Crippen molar-refractivity contribution in [1.29, 1.82) is 0 Å². The zero-order valence-corrected chi connectivity index (χ0v) is 21.1. The first-order valence-corrected chi connectivity index (χ1v) is 12.2. The molecule has 5 rings (SSSR count). The minimum atomic E-state index is -0.364. The Hall–Kier alpha value is -4.18. The van der Waals surface area contributed by atoms with Gasteiger partial charge < -0.3 is 25.3 Å². The molecule has 0 aliphatic rings. The molecule has 10 heteroatoms. The van der Waals surface area contributed by atoms with Crippen molar-refractivity contribution < 1.29 is 9.53 Å². The summed E-state index contributed by atoms with van der Waals surface area (Å²) in [4.78, 5) is 28.1. The van der Waals surface area contributed by atoms with E-state index in [9.17, 15) is 4.79 Å². The maximum atomic E-state index is 11.4. The van der Waals surface area contributed by atoms with Crippen LogP contribution in [-0.2, 0) is 11.8 Å². The van der Waals surface area contributed by atoms with Crippen LogP contribution in [0.2, 0.25) is 0 Å². The number of carbonyl (C=O) groups excluding carboxylic acids is 1. The second-order valence-electron chi connectivity index (χ2n) is 8.33. The van der Waals surface area contributed by atoms with Gasteiger partial charge in [-0.25, -0.2) is 9.97 Å². The predicted octanol–water partition coefficient (Wildman–Crippen LogP) is 5.39. The van der Waals surface area contributed by atoms with Crippen molar-refractivity contribution in [2.45, 2.75) is 18.8 Å². The molecule has 5 aromatic rings. The van der Waals surface area contributed by atoms with Gasteiger partial charge in [0.15, 0.2) is 0 Å². The van der Waals surface area contributed by atoms with E-state index >= 15 is 0 Å². The Morgan fingerprint density at radius 2 is 1.92 bits per heavy atom. The second-order valence-corrected chi connectivity index (χ2v) is 9.24. The minimum Gasteiger partial charge on any atom is -0.457 e. The van der Waals surface area contributed by atoms with Crippen molar-refractivity contribution in [3.8, 4) is 11.5 Å². The molecule has 36 heavy (non-hydrogen) atoms. The third kappa shape index (κ3) is 5.23. The Bertz CT molecular complexity index is 1500. The van der Waals surface area contributed by atoms with Crippen molar-refractivity contribution in [1.82, 2.24) is 24.5 Å². The molecule has 2 aromatic carbocycles. The van der Waals surface area contributed by atoms with Crippen LogP contribution in [0.15, 0.2) is 77.7 Å². The smallest absolute Gasteiger partial charge is 0.217 e. The third-order valence-electron chi connectivity index (χ3n) is 5.83. The number of H-pyrrole nitrogens is 1. The number of pyridine rings is 1. The average Bonchev–Trinajstić information content (AvgIpc) is 3.49. The first kappa shape index (κ1) is 23.6. The highest BCUT2D eigenvalue weighted by atomic mass is 79.9. The molecular weight excluding hydrogens is 522 g/mol. The minimum absolute atomic E-state index is 0.207. The Balaban J connectivity index is 1.38. The van der Waals surface area contributed by atoms with Crippen molar-refractivity contribution in [2.75, 3.05) is 5.32 Å². The van der Waals surface area contributed by atoms with Crippen molar-refractivity contribution in [3.63, 3.8) is 0 Å². The number of aryl methyl sites for hydroxylation is 1. The Morgan fingerprint density at radius 3 is 2.67 bits per heavy atom. The number of nitrogens with zero attached hydrogens (tertiary/aromatic N) is 4. The van der Waals surface area contributed by atoms with Crippen LogP contribution in [0.1, 0.15) is 30.3 Å². The van der Waals surface area contributed by atoms with Crippen LogP contribution < -0.4 is 15.8 Å². The number of imidazole rings is 2. The number of hydrogen-bond acceptors (Lipinski definition) is 6. The van der Waals surface area contributed by atoms with Gasteiger partial charge >= 0.3 is 0 Å². The number of fused-ring (bicyclic) bond motifs is 1. The lowest BCUT2D eigenvalue weighted by Gasteiger charge is -2.15. The van der Waals surface area contributed by atoms with Crippen molar-refractivity contribution >= 4 is 44.5 Å². The fraction of sp³-hybridized carbons (Fsp3) is 0.154. The van der Waals surface area contributed by atoms with Crippen LogP contribution in [0.5, 0.6) is 11.5 Å². The van der Waals surface area contributed by atoms with Gasteiger partial charge in [0.05, 0.1) is 22.6 Å². The molecule has 1 atom stereocenters. The van der Waals surface area contributed by atoms with Gasteiger partial charge in [-0.3, -0.25) is 9.78 Å². The van der Waals surface area contributed by atoms with Crippen molar-refractivity contribution in [2.24, 2.45) is 12.8 Å². The molecule has 0 spiro atoms. The van der Waals surface area contributed by atoms with Gasteiger partial charge in [0.2, 0.25) is 11.9 Å². The molecule has 1 amide bonds. The van der Waals surface area contributed by atoms with E-state index in [1.54, 1.807) is 24.7 Å². The summed E-state index contributed by atoms with van der Waals surface area (Å²) in [6.45, 7) is 0. The third-order valence-corrected chi connectivity index (χ3v) is 6.36. The normalized spacial score (nSPS) is 11.9. The lowest BCUT2D eigenvalue weighted by atomic mass is 9.97. The highest BCUT2D eigenvalue weighted by molar-refractivity contribution is 9.10. The number of halogens is 1. The van der Waals surface area contributed by atoms with E-state index < -0.39 is 0 Å². The molecule has 0 bridgehead atoms. The monoisotopic (exact) mass is 545 g/mol. The number of nitrogens with two attached hydrogens (primary N) is 1. The van der Waals surface area contributed by atoms with E-state index in [4.69, 9.17) is 15.5 Å². The lowest BCUT2D eigenvalue weighted by molar-refractivity contribution is -0.118. The summed E-state index contributed by atoms with van der Waals surface area (Å²) in [5.41, 5.74) is 8.84. The van der Waals surface area contributed by atoms with Crippen LogP contribution >= 0.6 is 15.9 Å². The molecule has 3 aromatic heterocycles. The predicted molar refractivity (Wildman–Crippen MR) is 141 cm³/mol. The summed E-state index contributed by atoms with van der Waals surface area (Å²) >= 11 is 3.45. The summed E-state index contributed by atoms with van der Waals surface area (Å²) in [6.07, 6.45) is 5.83. The molecule has 0 saturated heterocycles. The number of amides is 1. The number of rotatable bonds is 9. The molecule has 9 nitrogen and oxygen atoms in total. The number of carbonyl (C=O) groups is 1. The number of aromatic amines is 1. The molecule has 0 aliphatic heterocycles. The number of primary amides is 1. The first-order valence-electron chi connectivity index (χ1n) is 11.4. The van der Waals surface area contributed by atoms with Crippen LogP contribution in [0.3, 0.4) is 0 Å². The quantitative estimate of drug-likeness (QED) is 0.228. The van der Waals surface area contributed by atoms with Gasteiger partial charge in [0, 0.05) is 54.4 Å². The standard InChI is InChI=1S/C26H24BrN7O2/c1-34-23-8-6-18(15-22(23)33-26(34)32-17-4-2-16(27)3-5-17)36-19-10-11-29-21(14-19)20(7-9-24(28)35)25-30-12-13-31-25/h2-6,8,10-15,20H,7,9H2,1H3,(H2,28,35)(H,30,31)(H,32,33). The topological polar surface area (TPSA) is 124 Å².